The second kappa shape index (κ2) is 9.25. The van der Waals surface area contributed by atoms with Crippen molar-refractivity contribution in [2.75, 3.05) is 33.2 Å². The largest absolute Gasteiger partial charge is 0.401 e. The molecule has 124 valence electrons. The lowest BCUT2D eigenvalue weighted by molar-refractivity contribution is -0.128. The lowest BCUT2D eigenvalue weighted by Gasteiger charge is -2.31. The normalized spacial score (nSPS) is 17.2. The molecule has 0 unspecified atom stereocenters. The van der Waals surface area contributed by atoms with Gasteiger partial charge >= 0.3 is 6.18 Å². The Kier molecular flexibility index (Phi) is 8.03. The number of nitrogens with one attached hydrogen (secondary N) is 2. The van der Waals surface area contributed by atoms with E-state index in [1.54, 1.807) is 0 Å². The fraction of sp³-hybridized carbons (Fsp3) is 0.929. The first-order chi connectivity index (χ1) is 9.88. The average Bonchev–Trinajstić information content (AvgIpc) is 2.43. The van der Waals surface area contributed by atoms with Crippen LogP contribution >= 0.6 is 0 Å². The second-order valence-corrected chi connectivity index (χ2v) is 5.69. The van der Waals surface area contributed by atoms with E-state index in [4.69, 9.17) is 0 Å². The highest BCUT2D eigenvalue weighted by atomic mass is 19.4. The van der Waals surface area contributed by atoms with E-state index in [2.05, 4.69) is 22.6 Å². The molecule has 7 heteroatoms. The Bertz CT molecular complexity index is 304. The Balaban J connectivity index is 2.01. The first kappa shape index (κ1) is 18.2. The van der Waals surface area contributed by atoms with Gasteiger partial charge in [0.25, 0.3) is 0 Å². The van der Waals surface area contributed by atoms with Gasteiger partial charge in [0.1, 0.15) is 0 Å². The van der Waals surface area contributed by atoms with Gasteiger partial charge < -0.3 is 15.5 Å². The summed E-state index contributed by atoms with van der Waals surface area (Å²) in [5.41, 5.74) is 0. The van der Waals surface area contributed by atoms with Crippen LogP contribution in [0.15, 0.2) is 0 Å². The van der Waals surface area contributed by atoms with Crippen molar-refractivity contribution in [1.82, 2.24) is 15.5 Å². The molecule has 0 heterocycles. The third kappa shape index (κ3) is 8.93. The second-order valence-electron chi connectivity index (χ2n) is 5.69. The van der Waals surface area contributed by atoms with Crippen molar-refractivity contribution < 1.29 is 18.0 Å². The molecule has 0 atom stereocenters. The molecule has 0 aromatic rings. The van der Waals surface area contributed by atoms with Crippen LogP contribution in [0.25, 0.3) is 0 Å². The topological polar surface area (TPSA) is 44.4 Å². The van der Waals surface area contributed by atoms with Crippen LogP contribution in [-0.4, -0.2) is 56.3 Å². The molecule has 1 amide bonds. The van der Waals surface area contributed by atoms with Gasteiger partial charge in [-0.25, -0.2) is 0 Å². The summed E-state index contributed by atoms with van der Waals surface area (Å²) in [4.78, 5) is 13.6. The highest BCUT2D eigenvalue weighted by molar-refractivity contribution is 5.77. The SMILES string of the molecule is CN(CCCNC(=O)CNCC(F)(F)F)C1CCCCC1. The number of alkyl halides is 3. The lowest BCUT2D eigenvalue weighted by Crippen LogP contribution is -2.39. The van der Waals surface area contributed by atoms with Crippen LogP contribution in [-0.2, 0) is 4.79 Å². The summed E-state index contributed by atoms with van der Waals surface area (Å²) in [6, 6.07) is 0.642. The van der Waals surface area contributed by atoms with Gasteiger partial charge in [-0.1, -0.05) is 19.3 Å². The molecule has 0 aromatic carbocycles. The first-order valence-corrected chi connectivity index (χ1v) is 7.63. The molecule has 21 heavy (non-hydrogen) atoms. The zero-order chi connectivity index (χ0) is 15.7. The molecule has 0 bridgehead atoms. The van der Waals surface area contributed by atoms with E-state index >= 15 is 0 Å². The van der Waals surface area contributed by atoms with Gasteiger partial charge in [-0.15, -0.1) is 0 Å². The predicted molar refractivity (Wildman–Crippen MR) is 76.1 cm³/mol. The van der Waals surface area contributed by atoms with Gasteiger partial charge in [-0.3, -0.25) is 4.79 Å². The van der Waals surface area contributed by atoms with E-state index in [0.29, 0.717) is 12.6 Å². The summed E-state index contributed by atoms with van der Waals surface area (Å²) >= 11 is 0. The van der Waals surface area contributed by atoms with Crippen LogP contribution in [0.1, 0.15) is 38.5 Å². The van der Waals surface area contributed by atoms with Crippen LogP contribution in [0.5, 0.6) is 0 Å². The monoisotopic (exact) mass is 309 g/mol. The summed E-state index contributed by atoms with van der Waals surface area (Å²) in [5, 5.41) is 4.71. The van der Waals surface area contributed by atoms with Crippen molar-refractivity contribution >= 4 is 5.91 Å². The van der Waals surface area contributed by atoms with Gasteiger partial charge in [-0.05, 0) is 32.9 Å². The number of carbonyl (C=O) groups is 1. The quantitative estimate of drug-likeness (QED) is 0.673. The highest BCUT2D eigenvalue weighted by Gasteiger charge is 2.26. The molecular weight excluding hydrogens is 283 g/mol. The molecule has 0 aliphatic heterocycles. The van der Waals surface area contributed by atoms with Gasteiger partial charge in [0, 0.05) is 12.6 Å². The van der Waals surface area contributed by atoms with Crippen LogP contribution in [0.2, 0.25) is 0 Å². The lowest BCUT2D eigenvalue weighted by atomic mass is 9.94. The van der Waals surface area contributed by atoms with Crippen LogP contribution in [0, 0.1) is 0 Å². The number of hydrogen-bond donors (Lipinski definition) is 2. The highest BCUT2D eigenvalue weighted by Crippen LogP contribution is 2.21. The molecule has 1 fully saturated rings. The number of carbonyl (C=O) groups excluding carboxylic acids is 1. The van der Waals surface area contributed by atoms with Gasteiger partial charge in [0.2, 0.25) is 5.91 Å². The average molecular weight is 309 g/mol. The third-order valence-electron chi connectivity index (χ3n) is 3.82. The Morgan fingerprint density at radius 2 is 1.90 bits per heavy atom. The minimum absolute atomic E-state index is 0.294. The number of halogens is 3. The van der Waals surface area contributed by atoms with Crippen molar-refractivity contribution in [3.8, 4) is 0 Å². The van der Waals surface area contributed by atoms with Crippen molar-refractivity contribution in [2.45, 2.75) is 50.7 Å². The molecule has 0 radical (unpaired) electrons. The van der Waals surface area contributed by atoms with Crippen LogP contribution < -0.4 is 10.6 Å². The Labute approximate surface area is 124 Å². The summed E-state index contributed by atoms with van der Waals surface area (Å²) in [6.07, 6.45) is 2.92. The van der Waals surface area contributed by atoms with Crippen LogP contribution in [0.3, 0.4) is 0 Å². The van der Waals surface area contributed by atoms with Crippen molar-refractivity contribution in [3.05, 3.63) is 0 Å². The van der Waals surface area contributed by atoms with Crippen molar-refractivity contribution in [1.29, 1.82) is 0 Å². The minimum Gasteiger partial charge on any atom is -0.355 e. The number of amides is 1. The maximum atomic E-state index is 11.9. The molecule has 1 aliphatic carbocycles. The molecule has 1 rings (SSSR count). The standard InChI is InChI=1S/C14H26F3N3O/c1-20(12-6-3-2-4-7-12)9-5-8-19-13(21)10-18-11-14(15,16)17/h12,18H,2-11H2,1H3,(H,19,21). The molecule has 4 nitrogen and oxygen atoms in total. The summed E-state index contributed by atoms with van der Waals surface area (Å²) in [6.45, 7) is -0.0205. The van der Waals surface area contributed by atoms with Crippen LogP contribution in [0.4, 0.5) is 13.2 Å². The maximum absolute atomic E-state index is 11.9. The fourth-order valence-electron chi connectivity index (χ4n) is 2.64. The summed E-state index contributed by atoms with van der Waals surface area (Å²) in [5.74, 6) is -0.389. The van der Waals surface area contributed by atoms with E-state index in [9.17, 15) is 18.0 Å². The van der Waals surface area contributed by atoms with E-state index in [1.807, 2.05) is 0 Å². The molecule has 0 saturated heterocycles. The van der Waals surface area contributed by atoms with E-state index in [1.165, 1.54) is 32.1 Å². The van der Waals surface area contributed by atoms with Gasteiger partial charge in [0.15, 0.2) is 0 Å². The summed E-state index contributed by atoms with van der Waals surface area (Å²) < 4.78 is 35.6. The number of rotatable bonds is 8. The van der Waals surface area contributed by atoms with E-state index in [0.717, 1.165) is 13.0 Å². The van der Waals surface area contributed by atoms with E-state index < -0.39 is 12.7 Å². The molecule has 0 spiro atoms. The minimum atomic E-state index is -4.27. The number of nitrogens with zero attached hydrogens (tertiary/aromatic N) is 1. The number of hydrogen-bond acceptors (Lipinski definition) is 3. The Morgan fingerprint density at radius 3 is 2.52 bits per heavy atom. The molecule has 2 N–H and O–H groups in total. The third-order valence-corrected chi connectivity index (χ3v) is 3.82. The Morgan fingerprint density at radius 1 is 1.24 bits per heavy atom. The van der Waals surface area contributed by atoms with Crippen molar-refractivity contribution in [2.24, 2.45) is 0 Å². The Hall–Kier alpha value is -0.820. The first-order valence-electron chi connectivity index (χ1n) is 7.63. The van der Waals surface area contributed by atoms with Crippen molar-refractivity contribution in [3.63, 3.8) is 0 Å². The maximum Gasteiger partial charge on any atom is 0.401 e. The van der Waals surface area contributed by atoms with Gasteiger partial charge in [0.05, 0.1) is 13.1 Å². The molecular formula is C14H26F3N3O. The van der Waals surface area contributed by atoms with E-state index in [-0.39, 0.29) is 12.5 Å². The zero-order valence-electron chi connectivity index (χ0n) is 12.6. The fourth-order valence-corrected chi connectivity index (χ4v) is 2.64. The smallest absolute Gasteiger partial charge is 0.355 e. The predicted octanol–water partition coefficient (Wildman–Crippen LogP) is 1.91. The zero-order valence-corrected chi connectivity index (χ0v) is 12.6. The van der Waals surface area contributed by atoms with Gasteiger partial charge in [-0.2, -0.15) is 13.2 Å². The molecule has 0 aromatic heterocycles. The summed E-state index contributed by atoms with van der Waals surface area (Å²) in [7, 11) is 2.10. The molecule has 1 saturated carbocycles. The molecule has 1 aliphatic rings.